The zero-order valence-electron chi connectivity index (χ0n) is 11.0. The fourth-order valence-electron chi connectivity index (χ4n) is 1.67. The monoisotopic (exact) mass is 269 g/mol. The molecule has 0 heterocycles. The number of hydrogen-bond donors (Lipinski definition) is 3. The Labute approximate surface area is 116 Å². The standard InChI is InChI=1S/C15H15N3O2/c1-10(13-4-2-3-5-14(13)19)17-18-15(20)11-6-8-12(16)9-7-11/h2-9,19H,16H2,1H3,(H,18,20)/b17-10+. The van der Waals surface area contributed by atoms with Crippen molar-refractivity contribution in [2.24, 2.45) is 5.10 Å². The molecule has 0 aliphatic carbocycles. The maximum Gasteiger partial charge on any atom is 0.271 e. The first-order valence-corrected chi connectivity index (χ1v) is 6.06. The Balaban J connectivity index is 2.11. The van der Waals surface area contributed by atoms with Gasteiger partial charge in [0.25, 0.3) is 5.91 Å². The molecule has 0 bridgehead atoms. The van der Waals surface area contributed by atoms with Crippen molar-refractivity contribution in [2.75, 3.05) is 5.73 Å². The average Bonchev–Trinajstić information content (AvgIpc) is 2.45. The molecule has 4 N–H and O–H groups in total. The van der Waals surface area contributed by atoms with Crippen molar-refractivity contribution in [1.82, 2.24) is 5.43 Å². The van der Waals surface area contributed by atoms with Crippen LogP contribution in [0.15, 0.2) is 53.6 Å². The molecule has 0 fully saturated rings. The van der Waals surface area contributed by atoms with E-state index >= 15 is 0 Å². The van der Waals surface area contributed by atoms with Gasteiger partial charge in [0.15, 0.2) is 0 Å². The van der Waals surface area contributed by atoms with Crippen LogP contribution >= 0.6 is 0 Å². The van der Waals surface area contributed by atoms with Crippen molar-refractivity contribution in [3.8, 4) is 5.75 Å². The lowest BCUT2D eigenvalue weighted by molar-refractivity contribution is 0.0955. The largest absolute Gasteiger partial charge is 0.507 e. The summed E-state index contributed by atoms with van der Waals surface area (Å²) >= 11 is 0. The molecule has 1 amide bonds. The van der Waals surface area contributed by atoms with Crippen LogP contribution in [0.5, 0.6) is 5.75 Å². The number of aromatic hydroxyl groups is 1. The zero-order valence-corrected chi connectivity index (χ0v) is 11.0. The molecule has 0 saturated heterocycles. The summed E-state index contributed by atoms with van der Waals surface area (Å²) in [4.78, 5) is 11.9. The highest BCUT2D eigenvalue weighted by Crippen LogP contribution is 2.16. The zero-order chi connectivity index (χ0) is 14.5. The number of hydrazone groups is 1. The van der Waals surface area contributed by atoms with E-state index in [1.807, 2.05) is 0 Å². The minimum atomic E-state index is -0.334. The van der Waals surface area contributed by atoms with Gasteiger partial charge >= 0.3 is 0 Å². The first kappa shape index (κ1) is 13.6. The van der Waals surface area contributed by atoms with Gasteiger partial charge in [-0.15, -0.1) is 0 Å². The van der Waals surface area contributed by atoms with Crippen molar-refractivity contribution in [1.29, 1.82) is 0 Å². The van der Waals surface area contributed by atoms with Crippen molar-refractivity contribution < 1.29 is 9.90 Å². The Morgan fingerprint density at radius 3 is 2.45 bits per heavy atom. The van der Waals surface area contributed by atoms with E-state index in [9.17, 15) is 9.90 Å². The Morgan fingerprint density at radius 1 is 1.15 bits per heavy atom. The molecular weight excluding hydrogens is 254 g/mol. The fraction of sp³-hybridized carbons (Fsp3) is 0.0667. The summed E-state index contributed by atoms with van der Waals surface area (Å²) in [5.74, 6) is -0.213. The molecule has 0 spiro atoms. The predicted molar refractivity (Wildman–Crippen MR) is 78.6 cm³/mol. The molecule has 2 aromatic rings. The van der Waals surface area contributed by atoms with Gasteiger partial charge in [-0.25, -0.2) is 5.43 Å². The highest BCUT2D eigenvalue weighted by molar-refractivity contribution is 6.02. The number of carbonyl (C=O) groups excluding carboxylic acids is 1. The Bertz CT molecular complexity index is 648. The first-order valence-electron chi connectivity index (χ1n) is 6.06. The lowest BCUT2D eigenvalue weighted by atomic mass is 10.1. The van der Waals surface area contributed by atoms with Gasteiger partial charge in [-0.3, -0.25) is 4.79 Å². The van der Waals surface area contributed by atoms with Crippen molar-refractivity contribution >= 4 is 17.3 Å². The molecule has 5 heteroatoms. The van der Waals surface area contributed by atoms with Gasteiger partial charge in [-0.05, 0) is 43.3 Å². The molecule has 5 nitrogen and oxygen atoms in total. The highest BCUT2D eigenvalue weighted by atomic mass is 16.3. The number of anilines is 1. The molecular formula is C15H15N3O2. The van der Waals surface area contributed by atoms with Crippen molar-refractivity contribution in [2.45, 2.75) is 6.92 Å². The van der Waals surface area contributed by atoms with E-state index < -0.39 is 0 Å². The molecule has 0 aromatic heterocycles. The van der Waals surface area contributed by atoms with Gasteiger partial charge in [0.1, 0.15) is 5.75 Å². The van der Waals surface area contributed by atoms with Crippen LogP contribution in [0.4, 0.5) is 5.69 Å². The van der Waals surface area contributed by atoms with Crippen molar-refractivity contribution in [3.05, 3.63) is 59.7 Å². The first-order chi connectivity index (χ1) is 9.58. The predicted octanol–water partition coefficient (Wildman–Crippen LogP) is 2.13. The Kier molecular flexibility index (Phi) is 4.00. The fourth-order valence-corrected chi connectivity index (χ4v) is 1.67. The topological polar surface area (TPSA) is 87.7 Å². The van der Waals surface area contributed by atoms with E-state index in [0.717, 1.165) is 0 Å². The molecule has 20 heavy (non-hydrogen) atoms. The van der Waals surface area contributed by atoms with Gasteiger partial charge in [0.2, 0.25) is 0 Å². The number of benzene rings is 2. The van der Waals surface area contributed by atoms with E-state index in [0.29, 0.717) is 22.5 Å². The van der Waals surface area contributed by atoms with Crippen LogP contribution in [-0.4, -0.2) is 16.7 Å². The number of carbonyl (C=O) groups is 1. The molecule has 0 saturated carbocycles. The Morgan fingerprint density at radius 2 is 1.80 bits per heavy atom. The minimum absolute atomic E-state index is 0.121. The third-order valence-electron chi connectivity index (χ3n) is 2.79. The van der Waals surface area contributed by atoms with E-state index in [1.54, 1.807) is 55.5 Å². The van der Waals surface area contributed by atoms with E-state index in [1.165, 1.54) is 0 Å². The lowest BCUT2D eigenvalue weighted by Gasteiger charge is -2.05. The molecule has 2 aromatic carbocycles. The molecule has 2 rings (SSSR count). The van der Waals surface area contributed by atoms with Gasteiger partial charge < -0.3 is 10.8 Å². The van der Waals surface area contributed by atoms with E-state index in [2.05, 4.69) is 10.5 Å². The molecule has 0 radical (unpaired) electrons. The number of amides is 1. The van der Waals surface area contributed by atoms with Crippen LogP contribution in [0.3, 0.4) is 0 Å². The van der Waals surface area contributed by atoms with Gasteiger partial charge in [0.05, 0.1) is 5.71 Å². The number of rotatable bonds is 3. The number of phenols is 1. The quantitative estimate of drug-likeness (QED) is 0.453. The maximum atomic E-state index is 11.9. The van der Waals surface area contributed by atoms with Crippen LogP contribution in [0.25, 0.3) is 0 Å². The number of hydrogen-bond acceptors (Lipinski definition) is 4. The second kappa shape index (κ2) is 5.88. The molecule has 0 unspecified atom stereocenters. The minimum Gasteiger partial charge on any atom is -0.507 e. The number of phenolic OH excluding ortho intramolecular Hbond substituents is 1. The lowest BCUT2D eigenvalue weighted by Crippen LogP contribution is -2.19. The van der Waals surface area contributed by atoms with Crippen LogP contribution in [0, 0.1) is 0 Å². The summed E-state index contributed by atoms with van der Waals surface area (Å²) in [5, 5.41) is 13.7. The molecule has 102 valence electrons. The summed E-state index contributed by atoms with van der Waals surface area (Å²) in [6, 6.07) is 13.3. The number of para-hydroxylation sites is 1. The molecule has 0 atom stereocenters. The third kappa shape index (κ3) is 3.14. The summed E-state index contributed by atoms with van der Waals surface area (Å²) in [6.07, 6.45) is 0. The number of nitrogens with zero attached hydrogens (tertiary/aromatic N) is 1. The summed E-state index contributed by atoms with van der Waals surface area (Å²) in [6.45, 7) is 1.71. The SMILES string of the molecule is C/C(=N\NC(=O)c1ccc(N)cc1)c1ccccc1O. The summed E-state index contributed by atoms with van der Waals surface area (Å²) < 4.78 is 0. The second-order valence-electron chi connectivity index (χ2n) is 4.28. The van der Waals surface area contributed by atoms with Crippen LogP contribution in [-0.2, 0) is 0 Å². The number of nitrogen functional groups attached to an aromatic ring is 1. The summed E-state index contributed by atoms with van der Waals surface area (Å²) in [7, 11) is 0. The number of nitrogens with two attached hydrogens (primary N) is 1. The second-order valence-corrected chi connectivity index (χ2v) is 4.28. The third-order valence-corrected chi connectivity index (χ3v) is 2.79. The summed E-state index contributed by atoms with van der Waals surface area (Å²) in [5.41, 5.74) is 10.1. The van der Waals surface area contributed by atoms with Crippen LogP contribution in [0.1, 0.15) is 22.8 Å². The van der Waals surface area contributed by atoms with Gasteiger partial charge in [-0.2, -0.15) is 5.10 Å². The van der Waals surface area contributed by atoms with Gasteiger partial charge in [0, 0.05) is 16.8 Å². The molecule has 0 aliphatic rings. The highest BCUT2D eigenvalue weighted by Gasteiger charge is 2.06. The smallest absolute Gasteiger partial charge is 0.271 e. The molecule has 0 aliphatic heterocycles. The normalized spacial score (nSPS) is 11.2. The van der Waals surface area contributed by atoms with Gasteiger partial charge in [-0.1, -0.05) is 12.1 Å². The van der Waals surface area contributed by atoms with E-state index in [4.69, 9.17) is 5.73 Å². The Hall–Kier alpha value is -2.82. The maximum absolute atomic E-state index is 11.9. The van der Waals surface area contributed by atoms with Crippen LogP contribution in [0.2, 0.25) is 0 Å². The number of nitrogens with one attached hydrogen (secondary N) is 1. The van der Waals surface area contributed by atoms with Crippen LogP contribution < -0.4 is 11.2 Å². The van der Waals surface area contributed by atoms with Crippen molar-refractivity contribution in [3.63, 3.8) is 0 Å². The average molecular weight is 269 g/mol. The van der Waals surface area contributed by atoms with E-state index in [-0.39, 0.29) is 11.7 Å².